The van der Waals surface area contributed by atoms with Gasteiger partial charge in [0.05, 0.1) is 15.8 Å². The van der Waals surface area contributed by atoms with Gasteiger partial charge in [0, 0.05) is 0 Å². The Kier molecular flexibility index (Phi) is 2.80. The van der Waals surface area contributed by atoms with Gasteiger partial charge in [0.2, 0.25) is 0 Å². The first-order valence-corrected chi connectivity index (χ1v) is 4.70. The molecule has 4 nitrogen and oxygen atoms in total. The maximum Gasteiger partial charge on any atom is 0.333 e. The van der Waals surface area contributed by atoms with Crippen molar-refractivity contribution in [2.24, 2.45) is 5.92 Å². The molecule has 0 aromatic rings. The van der Waals surface area contributed by atoms with E-state index in [0.29, 0.717) is 0 Å². The summed E-state index contributed by atoms with van der Waals surface area (Å²) in [6, 6.07) is 0. The Morgan fingerprint density at radius 1 is 1.50 bits per heavy atom. The van der Waals surface area contributed by atoms with Crippen LogP contribution < -0.4 is 0 Å². The fourth-order valence-electron chi connectivity index (χ4n) is 1.37. The van der Waals surface area contributed by atoms with E-state index in [4.69, 9.17) is 10.2 Å². The summed E-state index contributed by atoms with van der Waals surface area (Å²) in [5.74, 6) is -3.02. The van der Waals surface area contributed by atoms with Gasteiger partial charge in [-0.3, -0.25) is 4.79 Å². The molecular formula is C9H9BrO4. The van der Waals surface area contributed by atoms with Crippen LogP contribution in [0.15, 0.2) is 23.8 Å². The second kappa shape index (κ2) is 3.57. The van der Waals surface area contributed by atoms with Crippen molar-refractivity contribution in [2.75, 3.05) is 0 Å². The van der Waals surface area contributed by atoms with E-state index in [1.54, 1.807) is 0 Å². The first-order valence-electron chi connectivity index (χ1n) is 3.91. The third-order valence-corrected chi connectivity index (χ3v) is 3.09. The van der Waals surface area contributed by atoms with Crippen LogP contribution in [0.3, 0.4) is 0 Å². The fourth-order valence-corrected chi connectivity index (χ4v) is 2.02. The van der Waals surface area contributed by atoms with Gasteiger partial charge >= 0.3 is 11.9 Å². The minimum atomic E-state index is -1.11. The minimum Gasteiger partial charge on any atom is -0.481 e. The van der Waals surface area contributed by atoms with Crippen molar-refractivity contribution in [3.63, 3.8) is 0 Å². The second-order valence-electron chi connectivity index (χ2n) is 3.16. The van der Waals surface area contributed by atoms with Gasteiger partial charge in [0.15, 0.2) is 0 Å². The van der Waals surface area contributed by atoms with Crippen LogP contribution in [-0.2, 0) is 9.59 Å². The van der Waals surface area contributed by atoms with Crippen LogP contribution in [0.4, 0.5) is 0 Å². The van der Waals surface area contributed by atoms with Crippen LogP contribution in [0.1, 0.15) is 6.92 Å². The van der Waals surface area contributed by atoms with E-state index in [1.807, 2.05) is 0 Å². The zero-order valence-corrected chi connectivity index (χ0v) is 8.98. The summed E-state index contributed by atoms with van der Waals surface area (Å²) in [6.45, 7) is 1.54. The number of halogens is 1. The summed E-state index contributed by atoms with van der Waals surface area (Å²) >= 11 is 3.15. The highest BCUT2D eigenvalue weighted by atomic mass is 79.9. The Bertz CT molecular complexity index is 341. The Morgan fingerprint density at radius 3 is 2.50 bits per heavy atom. The topological polar surface area (TPSA) is 74.6 Å². The van der Waals surface area contributed by atoms with E-state index in [1.165, 1.54) is 25.2 Å². The highest BCUT2D eigenvalue weighted by molar-refractivity contribution is 9.10. The summed E-state index contributed by atoms with van der Waals surface area (Å²) in [7, 11) is 0. The highest BCUT2D eigenvalue weighted by Crippen LogP contribution is 2.38. The van der Waals surface area contributed by atoms with Crippen LogP contribution in [0.25, 0.3) is 0 Å². The number of carboxylic acids is 2. The van der Waals surface area contributed by atoms with Crippen LogP contribution in [0, 0.1) is 5.92 Å². The van der Waals surface area contributed by atoms with E-state index in [-0.39, 0.29) is 5.57 Å². The van der Waals surface area contributed by atoms with Crippen molar-refractivity contribution in [3.8, 4) is 0 Å². The molecule has 0 saturated heterocycles. The average molecular weight is 261 g/mol. The van der Waals surface area contributed by atoms with E-state index >= 15 is 0 Å². The number of allylic oxidation sites excluding steroid dienone is 2. The SMILES string of the molecule is CC1(Br)C(C(=O)O)=CC=CC1C(=O)O. The van der Waals surface area contributed by atoms with Crippen LogP contribution in [-0.4, -0.2) is 26.5 Å². The summed E-state index contributed by atoms with van der Waals surface area (Å²) in [5.41, 5.74) is 0.0485. The molecule has 5 heteroatoms. The summed E-state index contributed by atoms with van der Waals surface area (Å²) in [4.78, 5) is 21.6. The first kappa shape index (κ1) is 11.0. The lowest BCUT2D eigenvalue weighted by Crippen LogP contribution is -2.38. The van der Waals surface area contributed by atoms with Crippen LogP contribution in [0.5, 0.6) is 0 Å². The summed E-state index contributed by atoms with van der Waals surface area (Å²) in [6.07, 6.45) is 4.31. The van der Waals surface area contributed by atoms with Crippen molar-refractivity contribution in [3.05, 3.63) is 23.8 Å². The number of hydrogen-bond acceptors (Lipinski definition) is 2. The Labute approximate surface area is 89.1 Å². The van der Waals surface area contributed by atoms with E-state index in [0.717, 1.165) is 0 Å². The predicted octanol–water partition coefficient (Wildman–Crippen LogP) is 1.42. The number of aliphatic carboxylic acids is 2. The van der Waals surface area contributed by atoms with Crippen molar-refractivity contribution >= 4 is 27.9 Å². The molecule has 0 amide bonds. The fraction of sp³-hybridized carbons (Fsp3) is 0.333. The van der Waals surface area contributed by atoms with Gasteiger partial charge in [0.1, 0.15) is 0 Å². The molecule has 0 radical (unpaired) electrons. The van der Waals surface area contributed by atoms with Crippen molar-refractivity contribution in [2.45, 2.75) is 11.2 Å². The molecule has 1 aliphatic carbocycles. The molecule has 0 aromatic carbocycles. The smallest absolute Gasteiger partial charge is 0.333 e. The highest BCUT2D eigenvalue weighted by Gasteiger charge is 2.42. The minimum absolute atomic E-state index is 0.0485. The van der Waals surface area contributed by atoms with Crippen molar-refractivity contribution in [1.82, 2.24) is 0 Å². The third-order valence-electron chi connectivity index (χ3n) is 2.17. The van der Waals surface area contributed by atoms with Gasteiger partial charge < -0.3 is 10.2 Å². The third kappa shape index (κ3) is 1.72. The van der Waals surface area contributed by atoms with Gasteiger partial charge in [-0.25, -0.2) is 4.79 Å². The normalized spacial score (nSPS) is 31.0. The zero-order chi connectivity index (χ0) is 10.9. The molecule has 0 aromatic heterocycles. The largest absolute Gasteiger partial charge is 0.481 e. The molecule has 2 atom stereocenters. The lowest BCUT2D eigenvalue weighted by atomic mass is 9.83. The molecule has 0 aliphatic heterocycles. The monoisotopic (exact) mass is 260 g/mol. The maximum atomic E-state index is 10.8. The molecule has 2 unspecified atom stereocenters. The Balaban J connectivity index is 3.13. The summed E-state index contributed by atoms with van der Waals surface area (Å²) in [5, 5.41) is 17.7. The first-order chi connectivity index (χ1) is 6.37. The maximum absolute atomic E-state index is 10.8. The Hall–Kier alpha value is -1.10. The predicted molar refractivity (Wildman–Crippen MR) is 53.3 cm³/mol. The van der Waals surface area contributed by atoms with Gasteiger partial charge in [-0.2, -0.15) is 0 Å². The summed E-state index contributed by atoms with van der Waals surface area (Å²) < 4.78 is -1.06. The van der Waals surface area contributed by atoms with Gasteiger partial charge in [-0.15, -0.1) is 0 Å². The molecule has 0 saturated carbocycles. The lowest BCUT2D eigenvalue weighted by molar-refractivity contribution is -0.140. The van der Waals surface area contributed by atoms with Crippen molar-refractivity contribution in [1.29, 1.82) is 0 Å². The molecular weight excluding hydrogens is 252 g/mol. The number of hydrogen-bond donors (Lipinski definition) is 2. The second-order valence-corrected chi connectivity index (χ2v) is 4.81. The molecule has 0 heterocycles. The number of rotatable bonds is 2. The van der Waals surface area contributed by atoms with E-state index in [9.17, 15) is 9.59 Å². The number of carboxylic acid groups (broad SMARTS) is 2. The van der Waals surface area contributed by atoms with Crippen LogP contribution in [0.2, 0.25) is 0 Å². The average Bonchev–Trinajstić information content (AvgIpc) is 2.01. The molecule has 2 N–H and O–H groups in total. The van der Waals surface area contributed by atoms with Gasteiger partial charge in [-0.1, -0.05) is 34.2 Å². The zero-order valence-electron chi connectivity index (χ0n) is 7.40. The Morgan fingerprint density at radius 2 is 2.07 bits per heavy atom. The molecule has 0 bridgehead atoms. The lowest BCUT2D eigenvalue weighted by Gasteiger charge is -2.30. The molecule has 76 valence electrons. The van der Waals surface area contributed by atoms with E-state index in [2.05, 4.69) is 15.9 Å². The van der Waals surface area contributed by atoms with Crippen LogP contribution >= 0.6 is 15.9 Å². The molecule has 1 aliphatic rings. The van der Waals surface area contributed by atoms with Gasteiger partial charge in [-0.05, 0) is 6.92 Å². The molecule has 0 fully saturated rings. The molecule has 1 rings (SSSR count). The van der Waals surface area contributed by atoms with E-state index < -0.39 is 22.2 Å². The van der Waals surface area contributed by atoms with Gasteiger partial charge in [0.25, 0.3) is 0 Å². The number of carbonyl (C=O) groups is 2. The molecule has 0 spiro atoms. The van der Waals surface area contributed by atoms with Crippen molar-refractivity contribution < 1.29 is 19.8 Å². The standard InChI is InChI=1S/C9H9BrO4/c1-9(10)5(7(11)12)3-2-4-6(9)8(13)14/h2-5H,1H3,(H,11,12)(H,13,14). The number of alkyl halides is 1. The quantitative estimate of drug-likeness (QED) is 0.737. The molecule has 14 heavy (non-hydrogen) atoms.